The average Bonchev–Trinajstić information content (AvgIpc) is 2.45. The molecule has 2 aromatic carbocycles. The van der Waals surface area contributed by atoms with Gasteiger partial charge in [-0.1, -0.05) is 46.3 Å². The van der Waals surface area contributed by atoms with Gasteiger partial charge in [-0.15, -0.1) is 0 Å². The first kappa shape index (κ1) is 15.3. The molecule has 0 aliphatic carbocycles. The van der Waals surface area contributed by atoms with Crippen LogP contribution >= 0.6 is 15.9 Å². The maximum absolute atomic E-state index is 12.3. The third-order valence-electron chi connectivity index (χ3n) is 3.09. The third-order valence-corrected chi connectivity index (χ3v) is 3.58. The van der Waals surface area contributed by atoms with E-state index in [4.69, 9.17) is 0 Å². The lowest BCUT2D eigenvalue weighted by atomic mass is 10.0. The summed E-state index contributed by atoms with van der Waals surface area (Å²) in [7, 11) is 0. The molecule has 0 aromatic heterocycles. The largest absolute Gasteiger partial charge is 0.479 e. The summed E-state index contributed by atoms with van der Waals surface area (Å²) >= 11 is 3.33. The van der Waals surface area contributed by atoms with Gasteiger partial charge in [-0.05, 0) is 36.2 Å². The quantitative estimate of drug-likeness (QED) is 0.891. The molecular weight excluding hydrogens is 334 g/mol. The van der Waals surface area contributed by atoms with Crippen LogP contribution in [0, 0.1) is 6.92 Å². The van der Waals surface area contributed by atoms with Crippen LogP contribution in [0.3, 0.4) is 0 Å². The van der Waals surface area contributed by atoms with Crippen LogP contribution in [0.4, 0.5) is 0 Å². The van der Waals surface area contributed by atoms with Crippen molar-refractivity contribution in [2.24, 2.45) is 0 Å². The molecule has 1 amide bonds. The minimum absolute atomic E-state index is 0.406. The molecule has 0 bridgehead atoms. The van der Waals surface area contributed by atoms with E-state index < -0.39 is 17.9 Å². The first-order valence-electron chi connectivity index (χ1n) is 6.34. The van der Waals surface area contributed by atoms with Gasteiger partial charge in [0.1, 0.15) is 0 Å². The van der Waals surface area contributed by atoms with E-state index in [1.807, 2.05) is 6.07 Å². The van der Waals surface area contributed by atoms with Gasteiger partial charge in [0, 0.05) is 10.0 Å². The molecule has 2 N–H and O–H groups in total. The predicted molar refractivity (Wildman–Crippen MR) is 83.2 cm³/mol. The third kappa shape index (κ3) is 3.70. The lowest BCUT2D eigenvalue weighted by molar-refractivity contribution is -0.139. The molecule has 5 heteroatoms. The zero-order valence-corrected chi connectivity index (χ0v) is 12.9. The number of nitrogens with one attached hydrogen (secondary N) is 1. The Balaban J connectivity index is 2.25. The average molecular weight is 348 g/mol. The monoisotopic (exact) mass is 347 g/mol. The van der Waals surface area contributed by atoms with E-state index in [2.05, 4.69) is 21.2 Å². The molecule has 0 aliphatic rings. The molecule has 108 valence electrons. The fourth-order valence-corrected chi connectivity index (χ4v) is 2.50. The fraction of sp³-hybridized carbons (Fsp3) is 0.125. The van der Waals surface area contributed by atoms with Gasteiger partial charge in [-0.3, -0.25) is 4.79 Å². The Morgan fingerprint density at radius 1 is 1.14 bits per heavy atom. The first-order chi connectivity index (χ1) is 9.99. The van der Waals surface area contributed by atoms with E-state index in [1.165, 1.54) is 0 Å². The molecule has 2 aromatic rings. The molecule has 0 heterocycles. The van der Waals surface area contributed by atoms with Gasteiger partial charge >= 0.3 is 5.97 Å². The number of amides is 1. The van der Waals surface area contributed by atoms with Gasteiger partial charge < -0.3 is 10.4 Å². The van der Waals surface area contributed by atoms with E-state index in [0.29, 0.717) is 11.1 Å². The highest BCUT2D eigenvalue weighted by molar-refractivity contribution is 9.10. The van der Waals surface area contributed by atoms with E-state index in [-0.39, 0.29) is 0 Å². The van der Waals surface area contributed by atoms with Crippen molar-refractivity contribution >= 4 is 27.8 Å². The zero-order valence-electron chi connectivity index (χ0n) is 11.3. The van der Waals surface area contributed by atoms with Gasteiger partial charge in [0.2, 0.25) is 0 Å². The van der Waals surface area contributed by atoms with Crippen molar-refractivity contribution in [2.75, 3.05) is 0 Å². The molecule has 2 rings (SSSR count). The summed E-state index contributed by atoms with van der Waals surface area (Å²) in [6, 6.07) is 12.8. The smallest absolute Gasteiger partial charge is 0.330 e. The first-order valence-corrected chi connectivity index (χ1v) is 7.13. The van der Waals surface area contributed by atoms with Crippen LogP contribution in [0.15, 0.2) is 53.0 Å². The lowest BCUT2D eigenvalue weighted by Gasteiger charge is -2.16. The maximum Gasteiger partial charge on any atom is 0.330 e. The summed E-state index contributed by atoms with van der Waals surface area (Å²) in [4.78, 5) is 23.7. The van der Waals surface area contributed by atoms with Crippen LogP contribution in [-0.4, -0.2) is 17.0 Å². The van der Waals surface area contributed by atoms with E-state index in [9.17, 15) is 14.7 Å². The van der Waals surface area contributed by atoms with E-state index in [1.54, 1.807) is 49.4 Å². The van der Waals surface area contributed by atoms with Crippen LogP contribution in [-0.2, 0) is 4.79 Å². The van der Waals surface area contributed by atoms with Gasteiger partial charge in [-0.2, -0.15) is 0 Å². The molecule has 0 spiro atoms. The van der Waals surface area contributed by atoms with Gasteiger partial charge in [-0.25, -0.2) is 4.79 Å². The van der Waals surface area contributed by atoms with Crippen molar-refractivity contribution < 1.29 is 14.7 Å². The highest BCUT2D eigenvalue weighted by Crippen LogP contribution is 2.18. The van der Waals surface area contributed by atoms with Gasteiger partial charge in [0.15, 0.2) is 6.04 Å². The summed E-state index contributed by atoms with van der Waals surface area (Å²) < 4.78 is 0.870. The van der Waals surface area contributed by atoms with E-state index >= 15 is 0 Å². The molecule has 0 fully saturated rings. The second kappa shape index (κ2) is 6.54. The number of aryl methyl sites for hydroxylation is 1. The maximum atomic E-state index is 12.3. The molecular formula is C16H14BrNO3. The summed E-state index contributed by atoms with van der Waals surface area (Å²) in [6.07, 6.45) is 0. The molecule has 0 radical (unpaired) electrons. The van der Waals surface area contributed by atoms with Crippen LogP contribution in [0.1, 0.15) is 27.5 Å². The predicted octanol–water partition coefficient (Wildman–Crippen LogP) is 3.31. The number of aliphatic carboxylic acids is 1. The van der Waals surface area contributed by atoms with Crippen molar-refractivity contribution in [3.05, 3.63) is 69.7 Å². The number of hydrogen-bond acceptors (Lipinski definition) is 2. The van der Waals surface area contributed by atoms with Gasteiger partial charge in [0.25, 0.3) is 5.91 Å². The standard InChI is InChI=1S/C16H14BrNO3/c1-10-9-12(17)7-8-13(10)15(19)18-14(16(20)21)11-5-3-2-4-6-11/h2-9,14H,1H3,(H,18,19)(H,20,21)/t14-/m1/s1. The minimum Gasteiger partial charge on any atom is -0.479 e. The zero-order chi connectivity index (χ0) is 15.4. The Hall–Kier alpha value is -2.14. The van der Waals surface area contributed by atoms with Crippen LogP contribution in [0.5, 0.6) is 0 Å². The Labute approximate surface area is 130 Å². The topological polar surface area (TPSA) is 66.4 Å². The minimum atomic E-state index is -1.09. The summed E-state index contributed by atoms with van der Waals surface area (Å²) in [5.41, 5.74) is 1.77. The number of rotatable bonds is 4. The van der Waals surface area contributed by atoms with Gasteiger partial charge in [0.05, 0.1) is 0 Å². The highest BCUT2D eigenvalue weighted by Gasteiger charge is 2.23. The Kier molecular flexibility index (Phi) is 4.75. The number of benzene rings is 2. The SMILES string of the molecule is Cc1cc(Br)ccc1C(=O)N[C@@H](C(=O)O)c1ccccc1. The number of carbonyl (C=O) groups excluding carboxylic acids is 1. The normalized spacial score (nSPS) is 11.7. The summed E-state index contributed by atoms with van der Waals surface area (Å²) in [5.74, 6) is -1.50. The molecule has 1 atom stereocenters. The number of halogens is 1. The Bertz CT molecular complexity index is 670. The van der Waals surface area contributed by atoms with Crippen LogP contribution < -0.4 is 5.32 Å². The molecule has 0 unspecified atom stereocenters. The Morgan fingerprint density at radius 2 is 1.81 bits per heavy atom. The fourth-order valence-electron chi connectivity index (χ4n) is 2.02. The van der Waals surface area contributed by atoms with Crippen LogP contribution in [0.2, 0.25) is 0 Å². The van der Waals surface area contributed by atoms with Crippen molar-refractivity contribution in [3.63, 3.8) is 0 Å². The summed E-state index contributed by atoms with van der Waals surface area (Å²) in [6.45, 7) is 1.80. The molecule has 21 heavy (non-hydrogen) atoms. The molecule has 0 aliphatic heterocycles. The number of carbonyl (C=O) groups is 2. The van der Waals surface area contributed by atoms with Crippen molar-refractivity contribution in [3.8, 4) is 0 Å². The number of carboxylic acids is 1. The molecule has 0 saturated carbocycles. The molecule has 4 nitrogen and oxygen atoms in total. The molecule has 0 saturated heterocycles. The van der Waals surface area contributed by atoms with Crippen molar-refractivity contribution in [2.45, 2.75) is 13.0 Å². The Morgan fingerprint density at radius 3 is 2.38 bits per heavy atom. The number of hydrogen-bond donors (Lipinski definition) is 2. The van der Waals surface area contributed by atoms with E-state index in [0.717, 1.165) is 10.0 Å². The highest BCUT2D eigenvalue weighted by atomic mass is 79.9. The summed E-state index contributed by atoms with van der Waals surface area (Å²) in [5, 5.41) is 11.9. The lowest BCUT2D eigenvalue weighted by Crippen LogP contribution is -2.34. The second-order valence-corrected chi connectivity index (χ2v) is 5.53. The van der Waals surface area contributed by atoms with Crippen molar-refractivity contribution in [1.29, 1.82) is 0 Å². The van der Waals surface area contributed by atoms with Crippen LogP contribution in [0.25, 0.3) is 0 Å². The van der Waals surface area contributed by atoms with Crippen molar-refractivity contribution in [1.82, 2.24) is 5.32 Å². The number of carboxylic acid groups (broad SMARTS) is 1. The second-order valence-electron chi connectivity index (χ2n) is 4.61.